The highest BCUT2D eigenvalue weighted by molar-refractivity contribution is 6.30. The molecule has 0 aliphatic carbocycles. The summed E-state index contributed by atoms with van der Waals surface area (Å²) in [7, 11) is 0. The predicted octanol–water partition coefficient (Wildman–Crippen LogP) is 5.21. The number of hydrogen-bond acceptors (Lipinski definition) is 5. The van der Waals surface area contributed by atoms with Crippen LogP contribution in [0.5, 0.6) is 11.5 Å². The number of piperidine rings is 1. The minimum Gasteiger partial charge on any atom is -0.492 e. The second-order valence-electron chi connectivity index (χ2n) is 10.7. The molecule has 0 N–H and O–H groups in total. The molecule has 0 unspecified atom stereocenters. The zero-order valence-corrected chi connectivity index (χ0v) is 22.7. The fraction of sp³-hybridized carbons (Fsp3) is 0.533. The summed E-state index contributed by atoms with van der Waals surface area (Å²) in [5.41, 5.74) is 0.572. The lowest BCUT2D eigenvalue weighted by Crippen LogP contribution is -2.47. The summed E-state index contributed by atoms with van der Waals surface area (Å²) in [5, 5.41) is 0.634. The van der Waals surface area contributed by atoms with Crippen LogP contribution in [0.15, 0.2) is 48.5 Å². The lowest BCUT2D eigenvalue weighted by Gasteiger charge is -2.42. The first kappa shape index (κ1) is 26.8. The van der Waals surface area contributed by atoms with Gasteiger partial charge in [0, 0.05) is 36.7 Å². The van der Waals surface area contributed by atoms with Gasteiger partial charge in [-0.3, -0.25) is 9.59 Å². The van der Waals surface area contributed by atoms with E-state index in [4.69, 9.17) is 25.8 Å². The highest BCUT2D eigenvalue weighted by Gasteiger charge is 2.37. The number of benzene rings is 2. The van der Waals surface area contributed by atoms with Gasteiger partial charge in [0.2, 0.25) is 0 Å². The van der Waals surface area contributed by atoms with E-state index in [9.17, 15) is 9.59 Å². The number of ether oxygens (including phenoxy) is 3. The first-order valence-corrected chi connectivity index (χ1v) is 14.2. The maximum atomic E-state index is 13.5. The van der Waals surface area contributed by atoms with Gasteiger partial charge in [0.05, 0.1) is 24.8 Å². The highest BCUT2D eigenvalue weighted by Crippen LogP contribution is 2.38. The van der Waals surface area contributed by atoms with Gasteiger partial charge in [0.25, 0.3) is 11.8 Å². The Morgan fingerprint density at radius 3 is 2.61 bits per heavy atom. The van der Waals surface area contributed by atoms with Gasteiger partial charge in [-0.05, 0) is 74.9 Å². The van der Waals surface area contributed by atoms with Crippen molar-refractivity contribution >= 4 is 23.4 Å². The molecule has 1 spiro atoms. The van der Waals surface area contributed by atoms with Crippen LogP contribution in [0.1, 0.15) is 55.3 Å². The zero-order valence-electron chi connectivity index (χ0n) is 21.9. The Morgan fingerprint density at radius 1 is 1.00 bits per heavy atom. The van der Waals surface area contributed by atoms with Crippen molar-refractivity contribution in [1.29, 1.82) is 0 Å². The Morgan fingerprint density at radius 2 is 1.79 bits per heavy atom. The maximum Gasteiger partial charge on any atom is 0.260 e. The summed E-state index contributed by atoms with van der Waals surface area (Å²) in [6, 6.07) is 14.8. The second kappa shape index (κ2) is 12.4. The van der Waals surface area contributed by atoms with Crippen LogP contribution in [-0.2, 0) is 9.53 Å². The van der Waals surface area contributed by atoms with Gasteiger partial charge in [-0.15, -0.1) is 0 Å². The lowest BCUT2D eigenvalue weighted by molar-refractivity contribution is -0.136. The molecule has 8 heteroatoms. The van der Waals surface area contributed by atoms with Crippen LogP contribution in [0.4, 0.5) is 0 Å². The summed E-state index contributed by atoms with van der Waals surface area (Å²) < 4.78 is 18.1. The Kier molecular flexibility index (Phi) is 8.75. The largest absolute Gasteiger partial charge is 0.492 e. The van der Waals surface area contributed by atoms with Crippen molar-refractivity contribution < 1.29 is 23.8 Å². The summed E-state index contributed by atoms with van der Waals surface area (Å²) in [4.78, 5) is 30.2. The molecule has 2 aromatic carbocycles. The molecule has 2 amide bonds. The minimum atomic E-state index is -0.0513. The first-order valence-electron chi connectivity index (χ1n) is 13.8. The van der Waals surface area contributed by atoms with E-state index in [0.717, 1.165) is 51.5 Å². The molecule has 1 atom stereocenters. The van der Waals surface area contributed by atoms with Gasteiger partial charge < -0.3 is 24.0 Å². The molecule has 2 fully saturated rings. The quantitative estimate of drug-likeness (QED) is 0.534. The van der Waals surface area contributed by atoms with E-state index in [1.807, 2.05) is 34.1 Å². The van der Waals surface area contributed by atoms with Crippen LogP contribution >= 0.6 is 11.6 Å². The van der Waals surface area contributed by atoms with Crippen LogP contribution in [0, 0.1) is 5.41 Å². The van der Waals surface area contributed by atoms with Crippen LogP contribution in [-0.4, -0.2) is 73.7 Å². The molecule has 0 aromatic heterocycles. The van der Waals surface area contributed by atoms with Crippen LogP contribution < -0.4 is 9.47 Å². The molecular formula is C30H37ClN2O5. The van der Waals surface area contributed by atoms with Crippen molar-refractivity contribution in [2.75, 3.05) is 46.1 Å². The topological polar surface area (TPSA) is 68.3 Å². The molecule has 5 rings (SSSR count). The van der Waals surface area contributed by atoms with Gasteiger partial charge in [-0.25, -0.2) is 0 Å². The number of likely N-dealkylation sites (tertiary alicyclic amines) is 1. The van der Waals surface area contributed by atoms with Gasteiger partial charge in [0.15, 0.2) is 6.61 Å². The summed E-state index contributed by atoms with van der Waals surface area (Å²) in [5.74, 6) is 1.29. The Bertz CT molecular complexity index is 1100. The van der Waals surface area contributed by atoms with E-state index in [1.54, 1.807) is 24.3 Å². The third kappa shape index (κ3) is 6.44. The molecular weight excluding hydrogens is 504 g/mol. The average Bonchev–Trinajstić information content (AvgIpc) is 3.42. The maximum absolute atomic E-state index is 13.5. The van der Waals surface area contributed by atoms with Crippen LogP contribution in [0.2, 0.25) is 5.02 Å². The number of nitrogens with zero attached hydrogens (tertiary/aromatic N) is 2. The summed E-state index contributed by atoms with van der Waals surface area (Å²) in [6.07, 6.45) is 6.73. The number of hydrogen-bond donors (Lipinski definition) is 0. The average molecular weight is 541 g/mol. The van der Waals surface area contributed by atoms with E-state index in [2.05, 4.69) is 0 Å². The minimum absolute atomic E-state index is 0.00938. The van der Waals surface area contributed by atoms with E-state index >= 15 is 0 Å². The molecule has 3 aliphatic rings. The molecule has 2 aromatic rings. The van der Waals surface area contributed by atoms with Crippen LogP contribution in [0.3, 0.4) is 0 Å². The summed E-state index contributed by atoms with van der Waals surface area (Å²) >= 11 is 5.93. The van der Waals surface area contributed by atoms with E-state index in [-0.39, 0.29) is 29.9 Å². The fourth-order valence-corrected chi connectivity index (χ4v) is 5.94. The van der Waals surface area contributed by atoms with E-state index < -0.39 is 0 Å². The highest BCUT2D eigenvalue weighted by atomic mass is 35.5. The van der Waals surface area contributed by atoms with Gasteiger partial charge in [0.1, 0.15) is 11.5 Å². The number of amides is 2. The van der Waals surface area contributed by atoms with Crippen molar-refractivity contribution in [3.63, 3.8) is 0 Å². The monoisotopic (exact) mass is 540 g/mol. The molecule has 38 heavy (non-hydrogen) atoms. The standard InChI is InChI=1S/C30H37ClN2O5/c31-23-9-11-25(12-10-23)37-21-28(34)32-17-14-30(15-18-32)13-3-4-19-36-20-24-6-5-16-33(24)29(35)26-7-1-2-8-27(26)38-22-30/h1-2,7-12,24H,3-6,13-22H2/t24-/m0/s1. The molecule has 7 nitrogen and oxygen atoms in total. The number of para-hydroxylation sites is 1. The molecule has 0 saturated carbocycles. The molecule has 3 heterocycles. The van der Waals surface area contributed by atoms with Gasteiger partial charge >= 0.3 is 0 Å². The summed E-state index contributed by atoms with van der Waals surface area (Å²) in [6.45, 7) is 3.93. The molecule has 204 valence electrons. The van der Waals surface area contributed by atoms with Crippen molar-refractivity contribution in [3.8, 4) is 11.5 Å². The van der Waals surface area contributed by atoms with Crippen LogP contribution in [0.25, 0.3) is 0 Å². The Labute approximate surface area is 230 Å². The second-order valence-corrected chi connectivity index (χ2v) is 11.2. The number of carbonyl (C=O) groups is 2. The predicted molar refractivity (Wildman–Crippen MR) is 146 cm³/mol. The number of halogens is 1. The normalized spacial score (nSPS) is 22.2. The van der Waals surface area contributed by atoms with Gasteiger partial charge in [-0.1, -0.05) is 30.2 Å². The van der Waals surface area contributed by atoms with Crippen molar-refractivity contribution in [3.05, 3.63) is 59.1 Å². The first-order chi connectivity index (χ1) is 18.5. The van der Waals surface area contributed by atoms with Crippen molar-refractivity contribution in [2.45, 2.75) is 51.0 Å². The van der Waals surface area contributed by atoms with E-state index in [1.165, 1.54) is 0 Å². The SMILES string of the molecule is O=C(COc1ccc(Cl)cc1)N1CCC2(CCCCOC[C@@H]3CCCN3C(=O)c3ccccc3OC2)CC1. The van der Waals surface area contributed by atoms with Gasteiger partial charge in [-0.2, -0.15) is 0 Å². The number of rotatable bonds is 3. The third-order valence-corrected chi connectivity index (χ3v) is 8.45. The van der Waals surface area contributed by atoms with Crippen molar-refractivity contribution in [1.82, 2.24) is 9.80 Å². The Balaban J connectivity index is 1.24. The zero-order chi connectivity index (χ0) is 26.4. The third-order valence-electron chi connectivity index (χ3n) is 8.20. The number of fused-ring (bicyclic) bond motifs is 2. The van der Waals surface area contributed by atoms with Crippen molar-refractivity contribution in [2.24, 2.45) is 5.41 Å². The molecule has 2 saturated heterocycles. The molecule has 0 bridgehead atoms. The smallest absolute Gasteiger partial charge is 0.260 e. The van der Waals surface area contributed by atoms with E-state index in [0.29, 0.717) is 55.0 Å². The molecule has 0 radical (unpaired) electrons. The lowest BCUT2D eigenvalue weighted by atomic mass is 9.75. The Hall–Kier alpha value is -2.77. The fourth-order valence-electron chi connectivity index (χ4n) is 5.82. The number of carbonyl (C=O) groups excluding carboxylic acids is 2. The molecule has 3 aliphatic heterocycles.